The highest BCUT2D eigenvalue weighted by Crippen LogP contribution is 2.38. The van der Waals surface area contributed by atoms with Gasteiger partial charge in [-0.05, 0) is 31.4 Å². The Morgan fingerprint density at radius 3 is 2.79 bits per heavy atom. The molecular formula is C16H23NO2. The molecule has 0 aliphatic carbocycles. The van der Waals surface area contributed by atoms with Crippen LogP contribution in [0.3, 0.4) is 0 Å². The first-order chi connectivity index (χ1) is 9.30. The molecule has 0 amide bonds. The average molecular weight is 261 g/mol. The summed E-state index contributed by atoms with van der Waals surface area (Å²) < 4.78 is 5.36. The average Bonchev–Trinajstić information content (AvgIpc) is 3.24. The van der Waals surface area contributed by atoms with E-state index in [1.165, 1.54) is 12.0 Å². The van der Waals surface area contributed by atoms with E-state index in [1.54, 1.807) is 0 Å². The molecule has 104 valence electrons. The summed E-state index contributed by atoms with van der Waals surface area (Å²) in [5, 5.41) is 9.82. The van der Waals surface area contributed by atoms with Gasteiger partial charge in [0.2, 0.25) is 0 Å². The maximum Gasteiger partial charge on any atom is 0.0816 e. The number of rotatable bonds is 5. The van der Waals surface area contributed by atoms with Gasteiger partial charge in [0.25, 0.3) is 0 Å². The van der Waals surface area contributed by atoms with Gasteiger partial charge in [0, 0.05) is 18.5 Å². The van der Waals surface area contributed by atoms with Gasteiger partial charge >= 0.3 is 0 Å². The minimum Gasteiger partial charge on any atom is -0.396 e. The smallest absolute Gasteiger partial charge is 0.0816 e. The Kier molecular flexibility index (Phi) is 3.87. The zero-order chi connectivity index (χ0) is 13.1. The van der Waals surface area contributed by atoms with Gasteiger partial charge < -0.3 is 9.84 Å². The Hall–Kier alpha value is -0.900. The number of likely N-dealkylation sites (tertiary alicyclic amines) is 1. The van der Waals surface area contributed by atoms with Crippen LogP contribution >= 0.6 is 0 Å². The maximum absolute atomic E-state index is 9.82. The zero-order valence-electron chi connectivity index (χ0n) is 11.4. The molecule has 0 radical (unpaired) electrons. The van der Waals surface area contributed by atoms with Crippen molar-refractivity contribution in [1.29, 1.82) is 0 Å². The second-order valence-electron chi connectivity index (χ2n) is 6.12. The number of aliphatic hydroxyl groups excluding tert-OH is 1. The first-order valence-corrected chi connectivity index (χ1v) is 7.28. The summed E-state index contributed by atoms with van der Waals surface area (Å²) in [6, 6.07) is 10.6. The van der Waals surface area contributed by atoms with Gasteiger partial charge in [-0.2, -0.15) is 0 Å². The lowest BCUT2D eigenvalue weighted by atomic mass is 9.77. The molecule has 0 spiro atoms. The van der Waals surface area contributed by atoms with Crippen LogP contribution in [0.1, 0.15) is 24.8 Å². The molecule has 2 aliphatic rings. The Balaban J connectivity index is 1.63. The molecule has 0 aromatic heterocycles. The van der Waals surface area contributed by atoms with Gasteiger partial charge in [0.15, 0.2) is 0 Å². The molecule has 2 fully saturated rings. The van der Waals surface area contributed by atoms with E-state index in [9.17, 15) is 5.11 Å². The van der Waals surface area contributed by atoms with Crippen molar-refractivity contribution in [2.45, 2.75) is 31.9 Å². The summed E-state index contributed by atoms with van der Waals surface area (Å²) in [4.78, 5) is 2.48. The van der Waals surface area contributed by atoms with Gasteiger partial charge in [0.1, 0.15) is 0 Å². The fraction of sp³-hybridized carbons (Fsp3) is 0.625. The summed E-state index contributed by atoms with van der Waals surface area (Å²) in [7, 11) is 0. The Morgan fingerprint density at radius 1 is 1.32 bits per heavy atom. The molecule has 1 aromatic carbocycles. The van der Waals surface area contributed by atoms with Crippen molar-refractivity contribution in [3.05, 3.63) is 35.9 Å². The van der Waals surface area contributed by atoms with E-state index in [1.807, 2.05) is 0 Å². The van der Waals surface area contributed by atoms with Crippen molar-refractivity contribution in [2.24, 2.45) is 5.41 Å². The highest BCUT2D eigenvalue weighted by Gasteiger charge is 2.40. The predicted octanol–water partition coefficient (Wildman–Crippen LogP) is 2.05. The van der Waals surface area contributed by atoms with Crippen molar-refractivity contribution in [1.82, 2.24) is 4.90 Å². The van der Waals surface area contributed by atoms with Crippen LogP contribution in [-0.2, 0) is 11.3 Å². The molecule has 3 heteroatoms. The molecule has 2 heterocycles. The quantitative estimate of drug-likeness (QED) is 0.824. The molecule has 0 saturated carbocycles. The van der Waals surface area contributed by atoms with E-state index in [0.29, 0.717) is 6.10 Å². The second-order valence-corrected chi connectivity index (χ2v) is 6.12. The Labute approximate surface area is 115 Å². The Morgan fingerprint density at radius 2 is 2.11 bits per heavy atom. The molecule has 2 aliphatic heterocycles. The van der Waals surface area contributed by atoms with Crippen LogP contribution in [0.5, 0.6) is 0 Å². The van der Waals surface area contributed by atoms with E-state index in [4.69, 9.17) is 4.74 Å². The topological polar surface area (TPSA) is 36.0 Å². The van der Waals surface area contributed by atoms with Gasteiger partial charge in [-0.1, -0.05) is 30.3 Å². The number of nitrogens with zero attached hydrogens (tertiary/aromatic N) is 1. The van der Waals surface area contributed by atoms with E-state index >= 15 is 0 Å². The maximum atomic E-state index is 9.82. The number of piperidine rings is 1. The van der Waals surface area contributed by atoms with Crippen molar-refractivity contribution < 1.29 is 9.84 Å². The number of ether oxygens (including phenoxy) is 1. The molecular weight excluding hydrogens is 238 g/mol. The van der Waals surface area contributed by atoms with Crippen LogP contribution in [0.25, 0.3) is 0 Å². The molecule has 2 saturated heterocycles. The van der Waals surface area contributed by atoms with Crippen LogP contribution in [0.15, 0.2) is 30.3 Å². The number of benzene rings is 1. The van der Waals surface area contributed by atoms with Crippen molar-refractivity contribution >= 4 is 0 Å². The van der Waals surface area contributed by atoms with Gasteiger partial charge in [-0.3, -0.25) is 4.90 Å². The number of hydrogen-bond donors (Lipinski definition) is 1. The predicted molar refractivity (Wildman–Crippen MR) is 74.8 cm³/mol. The number of epoxide rings is 1. The second kappa shape index (κ2) is 5.61. The molecule has 2 atom stereocenters. The highest BCUT2D eigenvalue weighted by atomic mass is 16.6. The van der Waals surface area contributed by atoms with Crippen molar-refractivity contribution in [3.8, 4) is 0 Å². The molecule has 0 unspecified atom stereocenters. The molecule has 1 aromatic rings. The lowest BCUT2D eigenvalue weighted by molar-refractivity contribution is 0.0168. The van der Waals surface area contributed by atoms with Crippen LogP contribution in [0.4, 0.5) is 0 Å². The number of hydrogen-bond acceptors (Lipinski definition) is 3. The molecule has 3 nitrogen and oxygen atoms in total. The van der Waals surface area contributed by atoms with E-state index in [0.717, 1.165) is 39.1 Å². The van der Waals surface area contributed by atoms with Crippen LogP contribution in [-0.4, -0.2) is 42.4 Å². The third kappa shape index (κ3) is 3.35. The fourth-order valence-electron chi connectivity index (χ4n) is 3.32. The van der Waals surface area contributed by atoms with E-state index in [-0.39, 0.29) is 12.0 Å². The molecule has 19 heavy (non-hydrogen) atoms. The largest absolute Gasteiger partial charge is 0.396 e. The lowest BCUT2D eigenvalue weighted by Gasteiger charge is -2.41. The normalized spacial score (nSPS) is 31.3. The Bertz CT molecular complexity index is 404. The summed E-state index contributed by atoms with van der Waals surface area (Å²) >= 11 is 0. The highest BCUT2D eigenvalue weighted by molar-refractivity contribution is 5.14. The summed E-state index contributed by atoms with van der Waals surface area (Å²) in [5.74, 6) is 0. The van der Waals surface area contributed by atoms with Gasteiger partial charge in [0.05, 0.1) is 19.3 Å². The zero-order valence-corrected chi connectivity index (χ0v) is 11.4. The minimum atomic E-state index is 0.0637. The van der Waals surface area contributed by atoms with Crippen LogP contribution in [0, 0.1) is 5.41 Å². The molecule has 0 bridgehead atoms. The standard InChI is InChI=1S/C16H23NO2/c18-13-16(9-15-11-19-15)7-4-8-17(12-16)10-14-5-2-1-3-6-14/h1-3,5-6,15,18H,4,7-13H2/t15-,16+/m1/s1. The minimum absolute atomic E-state index is 0.0637. The summed E-state index contributed by atoms with van der Waals surface area (Å²) in [6.07, 6.45) is 3.74. The molecule has 3 rings (SSSR count). The molecule has 1 N–H and O–H groups in total. The van der Waals surface area contributed by atoms with Crippen molar-refractivity contribution in [3.63, 3.8) is 0 Å². The third-order valence-electron chi connectivity index (χ3n) is 4.39. The fourth-order valence-corrected chi connectivity index (χ4v) is 3.32. The summed E-state index contributed by atoms with van der Waals surface area (Å²) in [6.45, 7) is 4.31. The lowest BCUT2D eigenvalue weighted by Crippen LogP contribution is -2.45. The SMILES string of the molecule is OC[C@]1(C[C@@H]2CO2)CCCN(Cc2ccccc2)C1. The van der Waals surface area contributed by atoms with Crippen LogP contribution in [0.2, 0.25) is 0 Å². The van der Waals surface area contributed by atoms with E-state index in [2.05, 4.69) is 35.2 Å². The monoisotopic (exact) mass is 261 g/mol. The van der Waals surface area contributed by atoms with Crippen molar-refractivity contribution in [2.75, 3.05) is 26.3 Å². The third-order valence-corrected chi connectivity index (χ3v) is 4.39. The first-order valence-electron chi connectivity index (χ1n) is 7.28. The number of aliphatic hydroxyl groups is 1. The summed E-state index contributed by atoms with van der Waals surface area (Å²) in [5.41, 5.74) is 1.42. The van der Waals surface area contributed by atoms with Gasteiger partial charge in [-0.15, -0.1) is 0 Å². The first kappa shape index (κ1) is 13.1. The van der Waals surface area contributed by atoms with Gasteiger partial charge in [-0.25, -0.2) is 0 Å². The van der Waals surface area contributed by atoms with Crippen LogP contribution < -0.4 is 0 Å². The van der Waals surface area contributed by atoms with E-state index < -0.39 is 0 Å².